The molecule has 6 nitrogen and oxygen atoms in total. The van der Waals surface area contributed by atoms with Gasteiger partial charge in [0.15, 0.2) is 5.65 Å². The highest BCUT2D eigenvalue weighted by atomic mass is 16.4. The van der Waals surface area contributed by atoms with Crippen LogP contribution in [0.3, 0.4) is 0 Å². The minimum Gasteiger partial charge on any atom is -0.507 e. The topological polar surface area (TPSA) is 80.6 Å². The first-order valence-electron chi connectivity index (χ1n) is 8.21. The van der Waals surface area contributed by atoms with Crippen molar-refractivity contribution in [2.75, 3.05) is 0 Å². The van der Waals surface area contributed by atoms with Crippen LogP contribution in [0.5, 0.6) is 5.75 Å². The van der Waals surface area contributed by atoms with Crippen molar-refractivity contribution in [2.45, 2.75) is 20.8 Å². The second kappa shape index (κ2) is 5.84. The Balaban J connectivity index is 2.01. The normalized spacial score (nSPS) is 11.2. The van der Waals surface area contributed by atoms with Crippen LogP contribution in [0.15, 0.2) is 51.8 Å². The predicted octanol–water partition coefficient (Wildman–Crippen LogP) is 3.65. The van der Waals surface area contributed by atoms with Gasteiger partial charge in [-0.05, 0) is 26.8 Å². The summed E-state index contributed by atoms with van der Waals surface area (Å²) in [6.07, 6.45) is 1.59. The number of nitrogens with zero attached hydrogens (tertiary/aromatic N) is 3. The van der Waals surface area contributed by atoms with Crippen molar-refractivity contribution in [3.8, 4) is 28.3 Å². The van der Waals surface area contributed by atoms with Gasteiger partial charge in [0.05, 0.1) is 11.4 Å². The van der Waals surface area contributed by atoms with Crippen LogP contribution in [0.25, 0.3) is 28.2 Å². The molecule has 4 rings (SSSR count). The van der Waals surface area contributed by atoms with Crippen molar-refractivity contribution in [3.05, 3.63) is 69.9 Å². The molecule has 0 bridgehead atoms. The first kappa shape index (κ1) is 16.1. The van der Waals surface area contributed by atoms with Gasteiger partial charge in [0, 0.05) is 23.4 Å². The fraction of sp³-hybridized carbons (Fsp3) is 0.150. The van der Waals surface area contributed by atoms with E-state index in [9.17, 15) is 9.90 Å². The van der Waals surface area contributed by atoms with E-state index in [-0.39, 0.29) is 11.3 Å². The molecule has 26 heavy (non-hydrogen) atoms. The Hall–Kier alpha value is -3.41. The lowest BCUT2D eigenvalue weighted by Crippen LogP contribution is -2.08. The second-order valence-corrected chi connectivity index (χ2v) is 6.31. The molecule has 0 amide bonds. The van der Waals surface area contributed by atoms with Crippen LogP contribution in [-0.2, 0) is 0 Å². The Morgan fingerprint density at radius 2 is 1.81 bits per heavy atom. The van der Waals surface area contributed by atoms with Crippen molar-refractivity contribution in [3.63, 3.8) is 0 Å². The summed E-state index contributed by atoms with van der Waals surface area (Å²) in [4.78, 5) is 16.7. The lowest BCUT2D eigenvalue weighted by atomic mass is 10.1. The maximum absolute atomic E-state index is 12.3. The van der Waals surface area contributed by atoms with Gasteiger partial charge in [-0.3, -0.25) is 0 Å². The molecule has 1 aromatic carbocycles. The molecule has 0 spiro atoms. The van der Waals surface area contributed by atoms with Gasteiger partial charge in [0.25, 0.3) is 0 Å². The van der Waals surface area contributed by atoms with Gasteiger partial charge in [-0.1, -0.05) is 29.8 Å². The Morgan fingerprint density at radius 1 is 1.08 bits per heavy atom. The third-order valence-electron chi connectivity index (χ3n) is 4.38. The van der Waals surface area contributed by atoms with Crippen molar-refractivity contribution in [1.82, 2.24) is 14.6 Å². The van der Waals surface area contributed by atoms with Crippen LogP contribution in [0, 0.1) is 20.8 Å². The van der Waals surface area contributed by atoms with Crippen molar-refractivity contribution in [2.24, 2.45) is 0 Å². The summed E-state index contributed by atoms with van der Waals surface area (Å²) in [5.41, 5.74) is 4.31. The first-order valence-corrected chi connectivity index (χ1v) is 8.21. The summed E-state index contributed by atoms with van der Waals surface area (Å²) in [7, 11) is 0. The summed E-state index contributed by atoms with van der Waals surface area (Å²) in [5.74, 6) is 0.204. The molecular formula is C20H17N3O3. The number of aryl methyl sites for hydroxylation is 3. The van der Waals surface area contributed by atoms with Crippen molar-refractivity contribution in [1.29, 1.82) is 0 Å². The average molecular weight is 347 g/mol. The van der Waals surface area contributed by atoms with Gasteiger partial charge in [0.2, 0.25) is 0 Å². The zero-order chi connectivity index (χ0) is 18.4. The van der Waals surface area contributed by atoms with E-state index in [1.165, 1.54) is 6.07 Å². The first-order chi connectivity index (χ1) is 12.5. The molecule has 0 aliphatic carbocycles. The van der Waals surface area contributed by atoms with Gasteiger partial charge in [-0.25, -0.2) is 14.3 Å². The van der Waals surface area contributed by atoms with Crippen LogP contribution < -0.4 is 5.63 Å². The molecule has 0 radical (unpaired) electrons. The van der Waals surface area contributed by atoms with Gasteiger partial charge in [-0.15, -0.1) is 0 Å². The van der Waals surface area contributed by atoms with E-state index in [0.29, 0.717) is 17.1 Å². The molecule has 0 unspecified atom stereocenters. The second-order valence-electron chi connectivity index (χ2n) is 6.31. The fourth-order valence-electron chi connectivity index (χ4n) is 3.06. The van der Waals surface area contributed by atoms with E-state index in [2.05, 4.69) is 10.1 Å². The molecule has 1 N–H and O–H groups in total. The molecule has 6 heteroatoms. The lowest BCUT2D eigenvalue weighted by Gasteiger charge is -2.06. The minimum absolute atomic E-state index is 0.0703. The van der Waals surface area contributed by atoms with Crippen molar-refractivity contribution < 1.29 is 9.52 Å². The quantitative estimate of drug-likeness (QED) is 0.599. The summed E-state index contributed by atoms with van der Waals surface area (Å²) in [6.45, 7) is 5.58. The Kier molecular flexibility index (Phi) is 3.61. The summed E-state index contributed by atoms with van der Waals surface area (Å²) in [6, 6.07) is 11.1. The van der Waals surface area contributed by atoms with E-state index in [0.717, 1.165) is 22.4 Å². The van der Waals surface area contributed by atoms with Crippen LogP contribution in [-0.4, -0.2) is 19.7 Å². The van der Waals surface area contributed by atoms with E-state index < -0.39 is 5.63 Å². The third-order valence-corrected chi connectivity index (χ3v) is 4.38. The molecule has 130 valence electrons. The average Bonchev–Trinajstić information content (AvgIpc) is 2.93. The molecule has 0 saturated carbocycles. The van der Waals surface area contributed by atoms with Crippen LogP contribution in [0.4, 0.5) is 0 Å². The highest BCUT2D eigenvalue weighted by Gasteiger charge is 2.19. The fourth-order valence-corrected chi connectivity index (χ4v) is 3.06. The monoisotopic (exact) mass is 347 g/mol. The SMILES string of the molecule is Cc1ccc(-c2nn3c(-c4c(O)cc(C)oc4=O)ccnc3c2C)cc1. The van der Waals surface area contributed by atoms with Gasteiger partial charge in [0.1, 0.15) is 17.1 Å². The molecular weight excluding hydrogens is 330 g/mol. The molecule has 0 atom stereocenters. The largest absolute Gasteiger partial charge is 0.507 e. The number of hydrogen-bond donors (Lipinski definition) is 1. The summed E-state index contributed by atoms with van der Waals surface area (Å²) < 4.78 is 6.73. The number of rotatable bonds is 2. The maximum atomic E-state index is 12.3. The Bertz CT molecular complexity index is 1190. The van der Waals surface area contributed by atoms with E-state index >= 15 is 0 Å². The molecule has 0 aliphatic heterocycles. The maximum Gasteiger partial charge on any atom is 0.349 e. The van der Waals surface area contributed by atoms with Crippen molar-refractivity contribution >= 4 is 5.65 Å². The van der Waals surface area contributed by atoms with E-state index in [1.807, 2.05) is 38.1 Å². The third kappa shape index (κ3) is 2.47. The molecule has 0 aliphatic rings. The highest BCUT2D eigenvalue weighted by Crippen LogP contribution is 2.30. The van der Waals surface area contributed by atoms with E-state index in [4.69, 9.17) is 4.42 Å². The number of fused-ring (bicyclic) bond motifs is 1. The molecule has 3 aromatic heterocycles. The lowest BCUT2D eigenvalue weighted by molar-refractivity contribution is 0.437. The number of aromatic hydroxyl groups is 1. The van der Waals surface area contributed by atoms with Crippen LogP contribution in [0.1, 0.15) is 16.9 Å². The predicted molar refractivity (Wildman–Crippen MR) is 98.3 cm³/mol. The molecule has 0 fully saturated rings. The molecule has 3 heterocycles. The zero-order valence-corrected chi connectivity index (χ0v) is 14.6. The summed E-state index contributed by atoms with van der Waals surface area (Å²) >= 11 is 0. The zero-order valence-electron chi connectivity index (χ0n) is 14.6. The van der Waals surface area contributed by atoms with Crippen LogP contribution >= 0.6 is 0 Å². The standard InChI is InChI=1S/C20H17N3O3/c1-11-4-6-14(7-5-11)18-13(3)19-21-9-8-15(23(19)22-18)17-16(24)10-12(2)26-20(17)25/h4-10,24H,1-3H3. The van der Waals surface area contributed by atoms with E-state index in [1.54, 1.807) is 23.7 Å². The highest BCUT2D eigenvalue weighted by molar-refractivity contribution is 5.74. The number of hydrogen-bond acceptors (Lipinski definition) is 5. The summed E-state index contributed by atoms with van der Waals surface area (Å²) in [5, 5.41) is 14.9. The smallest absolute Gasteiger partial charge is 0.349 e. The number of benzene rings is 1. The molecule has 0 saturated heterocycles. The van der Waals surface area contributed by atoms with Gasteiger partial charge < -0.3 is 9.52 Å². The van der Waals surface area contributed by atoms with Gasteiger partial charge in [-0.2, -0.15) is 5.10 Å². The minimum atomic E-state index is -0.611. The molecule has 4 aromatic rings. The Morgan fingerprint density at radius 3 is 2.50 bits per heavy atom. The Labute approximate surface area is 149 Å². The van der Waals surface area contributed by atoms with Gasteiger partial charge >= 0.3 is 5.63 Å². The van der Waals surface area contributed by atoms with Crippen LogP contribution in [0.2, 0.25) is 0 Å². The number of aromatic nitrogens is 3.